The van der Waals surface area contributed by atoms with E-state index in [2.05, 4.69) is 48.1 Å². The SMILES string of the molecule is CC(C)=O.CC1(C)c2ccc([nH]2)C(C)(c2cc([N+](=O)[O-])cc([N+](=O)[O-])c2)c2ccc([nH]2)C(C)(C)c2ccc([nH]2)C(C)(c2cc([N+](=O)[O-])cc([N+](=O)[O-])c2)c2ccc1[nH]2.C[N+](C)(C)C.[Cl-]. The summed E-state index contributed by atoms with van der Waals surface area (Å²) in [6.45, 7) is 14.7. The topological polar surface area (TPSA) is 253 Å². The van der Waals surface area contributed by atoms with Gasteiger partial charge in [0.15, 0.2) is 0 Å². The molecule has 0 spiro atoms. The molecule has 0 saturated heterocycles. The number of non-ortho nitro benzene ring substituents is 4. The van der Waals surface area contributed by atoms with Crippen molar-refractivity contribution in [2.45, 2.75) is 77.0 Å². The summed E-state index contributed by atoms with van der Waals surface area (Å²) >= 11 is 0. The van der Waals surface area contributed by atoms with Crippen molar-refractivity contribution >= 4 is 28.5 Å². The molecule has 0 aliphatic carbocycles. The number of rotatable bonds is 6. The summed E-state index contributed by atoms with van der Waals surface area (Å²) in [5.41, 5.74) is 0.569. The van der Waals surface area contributed by atoms with Crippen LogP contribution in [0.3, 0.4) is 0 Å². The minimum Gasteiger partial charge on any atom is -1.00 e. The number of hydrogen-bond acceptors (Lipinski definition) is 9. The summed E-state index contributed by atoms with van der Waals surface area (Å²) in [6.07, 6.45) is 0. The molecule has 18 nitrogen and oxygen atoms in total. The molecule has 0 saturated carbocycles. The van der Waals surface area contributed by atoms with Crippen LogP contribution in [0.5, 0.6) is 0 Å². The zero-order valence-corrected chi connectivity index (χ0v) is 38.6. The lowest BCUT2D eigenvalue weighted by Gasteiger charge is -2.31. The van der Waals surface area contributed by atoms with Gasteiger partial charge in [0.25, 0.3) is 22.7 Å². The Balaban J connectivity index is 0.000000820. The Morgan fingerprint density at radius 1 is 0.438 bits per heavy atom. The van der Waals surface area contributed by atoms with Crippen molar-refractivity contribution < 1.29 is 41.4 Å². The number of ketones is 1. The molecule has 0 amide bonds. The van der Waals surface area contributed by atoms with Gasteiger partial charge in [-0.25, -0.2) is 0 Å². The Hall–Kier alpha value is -6.92. The van der Waals surface area contributed by atoms with E-state index in [-0.39, 0.29) is 18.2 Å². The molecule has 0 unspecified atom stereocenters. The summed E-state index contributed by atoms with van der Waals surface area (Å²) in [7, 11) is 8.50. The van der Waals surface area contributed by atoms with E-state index < -0.39 is 64.1 Å². The summed E-state index contributed by atoms with van der Waals surface area (Å²) < 4.78 is 1.00. The number of nitro groups is 4. The Labute approximate surface area is 376 Å². The minimum atomic E-state index is -1.17. The Morgan fingerprint density at radius 3 is 0.781 bits per heavy atom. The monoisotopic (exact) mass is 899 g/mol. The van der Waals surface area contributed by atoms with Crippen LogP contribution in [0.25, 0.3) is 0 Å². The number of hydrogen-bond donors (Lipinski definition) is 4. The minimum absolute atomic E-state index is 0. The number of quaternary nitrogens is 1. The molecule has 64 heavy (non-hydrogen) atoms. The molecular formula is C45H54ClN9O9. The van der Waals surface area contributed by atoms with Gasteiger partial charge in [0.2, 0.25) is 0 Å². The van der Waals surface area contributed by atoms with Crippen LogP contribution in [-0.2, 0) is 26.5 Å². The molecule has 5 heterocycles. The van der Waals surface area contributed by atoms with Crippen LogP contribution in [0.2, 0.25) is 0 Å². The Bertz CT molecular complexity index is 2410. The van der Waals surface area contributed by atoms with E-state index in [0.717, 1.165) is 39.4 Å². The third kappa shape index (κ3) is 9.67. The Morgan fingerprint density at radius 2 is 0.609 bits per heavy atom. The zero-order valence-electron chi connectivity index (χ0n) is 37.9. The highest BCUT2D eigenvalue weighted by atomic mass is 35.5. The maximum absolute atomic E-state index is 12.0. The van der Waals surface area contributed by atoms with Crippen LogP contribution in [0.4, 0.5) is 22.7 Å². The van der Waals surface area contributed by atoms with Gasteiger partial charge in [-0.2, -0.15) is 0 Å². The van der Waals surface area contributed by atoms with Crippen LogP contribution in [-0.4, -0.2) is 78.1 Å². The number of nitro benzene ring substituents is 4. The van der Waals surface area contributed by atoms with E-state index >= 15 is 0 Å². The number of nitrogens with zero attached hydrogens (tertiary/aromatic N) is 5. The number of halogens is 1. The van der Waals surface area contributed by atoms with Crippen molar-refractivity contribution in [3.05, 3.63) is 182 Å². The third-order valence-corrected chi connectivity index (χ3v) is 11.4. The Kier molecular flexibility index (Phi) is 13.7. The fourth-order valence-electron chi connectivity index (χ4n) is 7.60. The van der Waals surface area contributed by atoms with Crippen LogP contribution < -0.4 is 12.4 Å². The molecule has 2 aromatic carbocycles. The van der Waals surface area contributed by atoms with Gasteiger partial charge in [-0.05, 0) is 115 Å². The smallest absolute Gasteiger partial charge is 0.276 e. The number of Topliss-reactive ketones (excluding diaryl/α,β-unsaturated/α-hetero) is 1. The van der Waals surface area contributed by atoms with Crippen LogP contribution >= 0.6 is 0 Å². The maximum Gasteiger partial charge on any atom is 0.276 e. The first-order valence-corrected chi connectivity index (χ1v) is 20.0. The second-order valence-corrected chi connectivity index (χ2v) is 18.7. The van der Waals surface area contributed by atoms with Gasteiger partial charge >= 0.3 is 0 Å². The maximum atomic E-state index is 12.0. The van der Waals surface area contributed by atoms with Gasteiger partial charge in [-0.15, -0.1) is 0 Å². The molecular weight excluding hydrogens is 846 g/mol. The lowest BCUT2D eigenvalue weighted by Crippen LogP contribution is -3.00. The zero-order chi connectivity index (χ0) is 47.2. The van der Waals surface area contributed by atoms with Gasteiger partial charge in [0, 0.05) is 80.6 Å². The van der Waals surface area contributed by atoms with Gasteiger partial charge < -0.3 is 41.6 Å². The number of nitrogens with one attached hydrogen (secondary N) is 4. The second-order valence-electron chi connectivity index (χ2n) is 18.7. The predicted molar refractivity (Wildman–Crippen MR) is 238 cm³/mol. The fraction of sp³-hybridized carbons (Fsp3) is 0.356. The molecule has 0 atom stereocenters. The molecule has 340 valence electrons. The fourth-order valence-corrected chi connectivity index (χ4v) is 7.60. The standard InChI is InChI=1S/C38H36N8O8.C4H12N.C3H6O.ClH/c1-35(2)27-7-11-31(39-27)37(5,21-15-23(43(47)48)19-24(16-21)44(49)50)33-13-9-29(41-33)36(3,4)30-10-14-34(42-30)38(6,32-12-8-28(35)40-32)22-17-25(45(51)52)20-26(18-22)46(53)54;1-5(2,3)4;1-3(2)4;/h7-20,39-42H,1-6H3;1-4H3;1-2H3;1H/q;+1;;/p-1. The lowest BCUT2D eigenvalue weighted by molar-refractivity contribution is -0.849. The molecule has 0 radical (unpaired) electrons. The molecule has 1 aliphatic heterocycles. The van der Waals surface area contributed by atoms with Crippen LogP contribution in [0, 0.1) is 40.5 Å². The lowest BCUT2D eigenvalue weighted by atomic mass is 9.76. The van der Waals surface area contributed by atoms with Crippen molar-refractivity contribution in [1.82, 2.24) is 19.9 Å². The predicted octanol–water partition coefficient (Wildman–Crippen LogP) is 6.23. The average Bonchev–Trinajstić information content (AvgIpc) is 4.02. The van der Waals surface area contributed by atoms with E-state index in [1.165, 1.54) is 38.1 Å². The largest absolute Gasteiger partial charge is 1.00 e. The highest BCUT2D eigenvalue weighted by molar-refractivity contribution is 5.72. The first kappa shape index (κ1) is 49.7. The second kappa shape index (κ2) is 17.7. The van der Waals surface area contributed by atoms with E-state index in [0.29, 0.717) is 33.9 Å². The molecule has 4 aromatic heterocycles. The van der Waals surface area contributed by atoms with Crippen molar-refractivity contribution in [2.75, 3.05) is 28.2 Å². The van der Waals surface area contributed by atoms with E-state index in [1.54, 1.807) is 0 Å². The van der Waals surface area contributed by atoms with E-state index in [9.17, 15) is 45.3 Å². The summed E-state index contributed by atoms with van der Waals surface area (Å²) in [6, 6.07) is 22.3. The average molecular weight is 900 g/mol. The van der Waals surface area contributed by atoms with Crippen molar-refractivity contribution in [3.8, 4) is 0 Å². The molecule has 0 fully saturated rings. The number of carbonyl (C=O) groups excluding carboxylic acids is 1. The first-order chi connectivity index (χ1) is 29.0. The molecule has 6 aromatic rings. The number of aromatic nitrogens is 4. The number of H-pyrrole nitrogens is 4. The summed E-state index contributed by atoms with van der Waals surface area (Å²) in [4.78, 5) is 69.1. The number of benzene rings is 2. The van der Waals surface area contributed by atoms with Crippen LogP contribution in [0.15, 0.2) is 84.9 Å². The van der Waals surface area contributed by atoms with Gasteiger partial charge in [0.05, 0.1) is 70.8 Å². The quantitative estimate of drug-likeness (QED) is 0.0839. The highest BCUT2D eigenvalue weighted by Crippen LogP contribution is 2.46. The summed E-state index contributed by atoms with van der Waals surface area (Å²) in [5, 5.41) is 48.1. The van der Waals surface area contributed by atoms with Crippen molar-refractivity contribution in [1.29, 1.82) is 0 Å². The summed E-state index contributed by atoms with van der Waals surface area (Å²) in [5.74, 6) is 0.167. The van der Waals surface area contributed by atoms with Gasteiger partial charge in [-0.3, -0.25) is 40.5 Å². The number of carbonyl (C=O) groups is 1. The molecule has 1 aliphatic rings. The highest BCUT2D eigenvalue weighted by Gasteiger charge is 2.42. The first-order valence-electron chi connectivity index (χ1n) is 20.0. The van der Waals surface area contributed by atoms with Crippen molar-refractivity contribution in [2.24, 2.45) is 0 Å². The third-order valence-electron chi connectivity index (χ3n) is 11.4. The van der Waals surface area contributed by atoms with Gasteiger partial charge in [0.1, 0.15) is 5.78 Å². The molecule has 19 heteroatoms. The van der Waals surface area contributed by atoms with Crippen molar-refractivity contribution in [3.63, 3.8) is 0 Å². The molecule has 4 N–H and O–H groups in total. The van der Waals surface area contributed by atoms with E-state index in [4.69, 9.17) is 0 Å². The molecule has 8 bridgehead atoms. The van der Waals surface area contributed by atoms with E-state index in [1.807, 2.05) is 90.1 Å². The van der Waals surface area contributed by atoms with Crippen LogP contribution in [0.1, 0.15) is 112 Å². The molecule has 7 rings (SSSR count). The normalized spacial score (nSPS) is 18.2. The number of aromatic amines is 4. The van der Waals surface area contributed by atoms with Gasteiger partial charge in [-0.1, -0.05) is 0 Å². The number of fused-ring (bicyclic) bond motifs is 8.